The average Bonchev–Trinajstić information content (AvgIpc) is 3.40. The topological polar surface area (TPSA) is 42.2 Å². The summed E-state index contributed by atoms with van der Waals surface area (Å²) in [6.45, 7) is 1.18. The second-order valence-corrected chi connectivity index (χ2v) is 7.42. The second kappa shape index (κ2) is 6.69. The van der Waals surface area contributed by atoms with Crippen LogP contribution in [0.2, 0.25) is 0 Å². The zero-order chi connectivity index (χ0) is 17.3. The summed E-state index contributed by atoms with van der Waals surface area (Å²) in [6.07, 6.45) is 4.28. The first-order valence-corrected chi connectivity index (χ1v) is 9.55. The molecule has 4 heteroatoms. The first kappa shape index (κ1) is 15.8. The maximum absolute atomic E-state index is 5.59. The summed E-state index contributed by atoms with van der Waals surface area (Å²) >= 11 is 0. The zero-order valence-electron chi connectivity index (χ0n) is 14.8. The highest BCUT2D eigenvalue weighted by Crippen LogP contribution is 2.48. The molecule has 0 aliphatic carbocycles. The van der Waals surface area contributed by atoms with Gasteiger partial charge in [0.15, 0.2) is 5.82 Å². The Morgan fingerprint density at radius 1 is 1.00 bits per heavy atom. The summed E-state index contributed by atoms with van der Waals surface area (Å²) in [5.41, 5.74) is 2.62. The van der Waals surface area contributed by atoms with Crippen molar-refractivity contribution in [1.82, 2.24) is 15.0 Å². The molecule has 2 aromatic carbocycles. The monoisotopic (exact) mass is 345 g/mol. The Kier molecular flexibility index (Phi) is 4.06. The Hall–Kier alpha value is -2.46. The summed E-state index contributed by atoms with van der Waals surface area (Å²) in [7, 11) is 0. The van der Waals surface area contributed by atoms with Crippen LogP contribution in [0.3, 0.4) is 0 Å². The largest absolute Gasteiger partial charge is 0.339 e. The molecular formula is C22H23N3O. The van der Waals surface area contributed by atoms with Gasteiger partial charge in [0.1, 0.15) is 0 Å². The molecule has 2 aliphatic heterocycles. The Balaban J connectivity index is 1.38. The molecule has 0 unspecified atom stereocenters. The van der Waals surface area contributed by atoms with Gasteiger partial charge in [-0.25, -0.2) is 0 Å². The van der Waals surface area contributed by atoms with E-state index in [-0.39, 0.29) is 0 Å². The van der Waals surface area contributed by atoms with Gasteiger partial charge >= 0.3 is 0 Å². The van der Waals surface area contributed by atoms with Gasteiger partial charge in [-0.3, -0.25) is 4.90 Å². The lowest BCUT2D eigenvalue weighted by molar-refractivity contribution is 0.243. The van der Waals surface area contributed by atoms with E-state index in [1.54, 1.807) is 0 Å². The molecule has 2 fully saturated rings. The van der Waals surface area contributed by atoms with Gasteiger partial charge in [0.25, 0.3) is 0 Å². The van der Waals surface area contributed by atoms with E-state index >= 15 is 0 Å². The molecule has 26 heavy (non-hydrogen) atoms. The van der Waals surface area contributed by atoms with Gasteiger partial charge in [0.2, 0.25) is 5.89 Å². The Morgan fingerprint density at radius 2 is 1.77 bits per heavy atom. The molecule has 0 saturated carbocycles. The molecule has 4 nitrogen and oxygen atoms in total. The minimum Gasteiger partial charge on any atom is -0.339 e. The lowest BCUT2D eigenvalue weighted by atomic mass is 9.94. The quantitative estimate of drug-likeness (QED) is 0.705. The Bertz CT molecular complexity index is 861. The normalized spacial score (nSPS) is 25.5. The Morgan fingerprint density at radius 3 is 2.58 bits per heavy atom. The summed E-state index contributed by atoms with van der Waals surface area (Å²) in [4.78, 5) is 7.43. The van der Waals surface area contributed by atoms with Crippen molar-refractivity contribution in [2.75, 3.05) is 6.54 Å². The fourth-order valence-electron chi connectivity index (χ4n) is 4.71. The van der Waals surface area contributed by atoms with Crippen LogP contribution in [0.25, 0.3) is 0 Å². The highest BCUT2D eigenvalue weighted by atomic mass is 16.5. The van der Waals surface area contributed by atoms with Gasteiger partial charge in [-0.15, -0.1) is 0 Å². The molecule has 0 amide bonds. The van der Waals surface area contributed by atoms with E-state index in [9.17, 15) is 0 Å². The van der Waals surface area contributed by atoms with Crippen LogP contribution >= 0.6 is 0 Å². The molecule has 0 bridgehead atoms. The number of fused-ring (bicyclic) bond motifs is 1. The van der Waals surface area contributed by atoms with Crippen molar-refractivity contribution in [2.45, 2.75) is 43.7 Å². The predicted octanol–water partition coefficient (Wildman–Crippen LogP) is 4.35. The van der Waals surface area contributed by atoms with Crippen LogP contribution in [0.4, 0.5) is 0 Å². The fraction of sp³-hybridized carbons (Fsp3) is 0.364. The first-order valence-electron chi connectivity index (χ1n) is 9.55. The van der Waals surface area contributed by atoms with E-state index in [0.717, 1.165) is 18.1 Å². The lowest BCUT2D eigenvalue weighted by Crippen LogP contribution is -2.27. The van der Waals surface area contributed by atoms with Gasteiger partial charge in [-0.05, 0) is 36.9 Å². The third-order valence-corrected chi connectivity index (χ3v) is 5.88. The van der Waals surface area contributed by atoms with Gasteiger partial charge in [-0.2, -0.15) is 4.98 Å². The van der Waals surface area contributed by atoms with Crippen LogP contribution in [0.1, 0.15) is 54.1 Å². The van der Waals surface area contributed by atoms with Gasteiger partial charge in [-0.1, -0.05) is 65.8 Å². The molecule has 132 valence electrons. The molecule has 0 spiro atoms. The van der Waals surface area contributed by atoms with E-state index in [0.29, 0.717) is 24.4 Å². The van der Waals surface area contributed by atoms with E-state index in [1.165, 1.54) is 30.5 Å². The summed E-state index contributed by atoms with van der Waals surface area (Å²) < 4.78 is 5.59. The second-order valence-electron chi connectivity index (χ2n) is 7.42. The van der Waals surface area contributed by atoms with Crippen molar-refractivity contribution in [3.05, 3.63) is 83.5 Å². The smallest absolute Gasteiger partial charge is 0.231 e. The zero-order valence-corrected chi connectivity index (χ0v) is 14.8. The predicted molar refractivity (Wildman–Crippen MR) is 99.8 cm³/mol. The van der Waals surface area contributed by atoms with Gasteiger partial charge in [0.05, 0.1) is 6.42 Å². The molecule has 0 N–H and O–H groups in total. The Labute approximate surface area is 153 Å². The van der Waals surface area contributed by atoms with Crippen molar-refractivity contribution in [3.8, 4) is 0 Å². The summed E-state index contributed by atoms with van der Waals surface area (Å²) in [5, 5.41) is 4.37. The average molecular weight is 345 g/mol. The van der Waals surface area contributed by atoms with Crippen LogP contribution < -0.4 is 0 Å². The van der Waals surface area contributed by atoms with E-state index in [1.807, 2.05) is 18.2 Å². The molecular weight excluding hydrogens is 322 g/mol. The van der Waals surface area contributed by atoms with Crippen LogP contribution in [0.5, 0.6) is 0 Å². The standard InChI is InChI=1S/C22H23N3O/c1-3-8-16(9-4-1)14-21-23-22(24-26-21)18-15-20(17-10-5-2-6-11-17)25-13-7-12-19(18)25/h1-6,8-11,18-20H,7,12-15H2/t18-,19+,20-/m0/s1. The van der Waals surface area contributed by atoms with Crippen molar-refractivity contribution >= 4 is 0 Å². The van der Waals surface area contributed by atoms with Crippen LogP contribution in [-0.4, -0.2) is 27.6 Å². The maximum Gasteiger partial charge on any atom is 0.231 e. The fourth-order valence-corrected chi connectivity index (χ4v) is 4.71. The van der Waals surface area contributed by atoms with Crippen molar-refractivity contribution in [2.24, 2.45) is 0 Å². The minimum atomic E-state index is 0.371. The number of hydrogen-bond acceptors (Lipinski definition) is 4. The SMILES string of the molecule is c1ccc(Cc2nc([C@H]3C[C@@H](c4ccccc4)N4CCC[C@H]34)no2)cc1. The first-order chi connectivity index (χ1) is 12.9. The van der Waals surface area contributed by atoms with E-state index in [4.69, 9.17) is 9.51 Å². The van der Waals surface area contributed by atoms with Gasteiger partial charge < -0.3 is 4.52 Å². The third kappa shape index (κ3) is 2.84. The third-order valence-electron chi connectivity index (χ3n) is 5.88. The summed E-state index contributed by atoms with van der Waals surface area (Å²) in [6, 6.07) is 22.2. The lowest BCUT2D eigenvalue weighted by Gasteiger charge is -2.24. The minimum absolute atomic E-state index is 0.371. The van der Waals surface area contributed by atoms with Crippen molar-refractivity contribution in [1.29, 1.82) is 0 Å². The van der Waals surface area contributed by atoms with Gasteiger partial charge in [0, 0.05) is 18.0 Å². The van der Waals surface area contributed by atoms with Crippen LogP contribution in [-0.2, 0) is 6.42 Å². The van der Waals surface area contributed by atoms with E-state index in [2.05, 4.69) is 52.5 Å². The highest BCUT2D eigenvalue weighted by molar-refractivity contribution is 5.25. The van der Waals surface area contributed by atoms with Crippen LogP contribution in [0, 0.1) is 0 Å². The molecule has 2 aliphatic rings. The van der Waals surface area contributed by atoms with Crippen molar-refractivity contribution < 1.29 is 4.52 Å². The molecule has 2 saturated heterocycles. The molecule has 0 radical (unpaired) electrons. The van der Waals surface area contributed by atoms with E-state index < -0.39 is 0 Å². The number of nitrogens with zero attached hydrogens (tertiary/aromatic N) is 3. The molecule has 3 atom stereocenters. The highest BCUT2D eigenvalue weighted by Gasteiger charge is 2.46. The van der Waals surface area contributed by atoms with Crippen LogP contribution in [0.15, 0.2) is 65.2 Å². The molecule has 3 heterocycles. The number of rotatable bonds is 4. The van der Waals surface area contributed by atoms with Crippen molar-refractivity contribution in [3.63, 3.8) is 0 Å². The number of aromatic nitrogens is 2. The molecule has 1 aromatic heterocycles. The number of hydrogen-bond donors (Lipinski definition) is 0. The maximum atomic E-state index is 5.59. The molecule has 5 rings (SSSR count). The number of benzene rings is 2. The molecule has 3 aromatic rings. The summed E-state index contributed by atoms with van der Waals surface area (Å²) in [5.74, 6) is 1.99.